The summed E-state index contributed by atoms with van der Waals surface area (Å²) in [5.74, 6) is -3.53. The summed E-state index contributed by atoms with van der Waals surface area (Å²) in [5.41, 5.74) is -2.58. The van der Waals surface area contributed by atoms with E-state index in [0.29, 0.717) is 18.8 Å². The van der Waals surface area contributed by atoms with Crippen molar-refractivity contribution in [2.24, 2.45) is 5.92 Å². The fraction of sp³-hybridized carbons (Fsp3) is 0.500. The topological polar surface area (TPSA) is 136 Å². The smallest absolute Gasteiger partial charge is 0.444 e. The van der Waals surface area contributed by atoms with Gasteiger partial charge in [-0.2, -0.15) is 18.3 Å². The third kappa shape index (κ3) is 5.04. The Kier molecular flexibility index (Phi) is 7.02. The van der Waals surface area contributed by atoms with Crippen LogP contribution in [0.3, 0.4) is 0 Å². The number of carbonyl (C=O) groups is 1. The van der Waals surface area contributed by atoms with Gasteiger partial charge in [0, 0.05) is 23.9 Å². The number of H-pyrrole nitrogens is 1. The van der Waals surface area contributed by atoms with Crippen molar-refractivity contribution in [2.75, 3.05) is 17.3 Å². The van der Waals surface area contributed by atoms with Gasteiger partial charge in [0.2, 0.25) is 0 Å². The predicted molar refractivity (Wildman–Crippen MR) is 119 cm³/mol. The SMILES string of the molecule is CCCOC(=O)N(n1c(=O)[nH]c2c(c1=O)=CC(c1ccnn1C(C)C)C(C(F)(F)F)C=2)S(C)(=O)=O. The van der Waals surface area contributed by atoms with Crippen molar-refractivity contribution >= 4 is 28.3 Å². The van der Waals surface area contributed by atoms with E-state index in [2.05, 4.69) is 10.1 Å². The van der Waals surface area contributed by atoms with Crippen molar-refractivity contribution in [3.8, 4) is 0 Å². The van der Waals surface area contributed by atoms with Crippen LogP contribution in [-0.4, -0.2) is 53.0 Å². The summed E-state index contributed by atoms with van der Waals surface area (Å²) >= 11 is 0. The number of halogens is 3. The molecule has 2 unspecified atom stereocenters. The summed E-state index contributed by atoms with van der Waals surface area (Å²) in [6, 6.07) is 1.08. The maximum atomic E-state index is 14.0. The number of carbonyl (C=O) groups excluding carboxylic acids is 1. The third-order valence-electron chi connectivity index (χ3n) is 5.22. The molecule has 1 N–H and O–H groups in total. The number of hydrogen-bond donors (Lipinski definition) is 1. The second-order valence-corrected chi connectivity index (χ2v) is 10.0. The lowest BCUT2D eigenvalue weighted by Crippen LogP contribution is -2.64. The van der Waals surface area contributed by atoms with Gasteiger partial charge in [0.1, 0.15) is 0 Å². The molecule has 2 aromatic rings. The number of nitrogens with zero attached hydrogens (tertiary/aromatic N) is 4. The molecule has 2 heterocycles. The molecule has 0 radical (unpaired) electrons. The van der Waals surface area contributed by atoms with Gasteiger partial charge >= 0.3 is 18.0 Å². The highest BCUT2D eigenvalue weighted by Gasteiger charge is 2.45. The Morgan fingerprint density at radius 3 is 2.49 bits per heavy atom. The number of hydrogen-bond acceptors (Lipinski definition) is 7. The molecule has 35 heavy (non-hydrogen) atoms. The molecule has 0 saturated heterocycles. The van der Waals surface area contributed by atoms with Crippen LogP contribution >= 0.6 is 0 Å². The molecular formula is C20H24F3N5O6S. The summed E-state index contributed by atoms with van der Waals surface area (Å²) in [7, 11) is -4.54. The lowest BCUT2D eigenvalue weighted by atomic mass is 9.84. The van der Waals surface area contributed by atoms with Crippen LogP contribution in [0.1, 0.15) is 44.8 Å². The molecule has 0 saturated carbocycles. The molecule has 1 aliphatic rings. The summed E-state index contributed by atoms with van der Waals surface area (Å²) in [5, 5.41) is 3.20. The lowest BCUT2D eigenvalue weighted by Gasteiger charge is -2.28. The average Bonchev–Trinajstić information content (AvgIpc) is 3.22. The van der Waals surface area contributed by atoms with E-state index >= 15 is 0 Å². The fourth-order valence-corrected chi connectivity index (χ4v) is 4.55. The van der Waals surface area contributed by atoms with Crippen LogP contribution in [0.25, 0.3) is 12.2 Å². The summed E-state index contributed by atoms with van der Waals surface area (Å²) in [6.07, 6.45) is -2.34. The number of aromatic nitrogens is 4. The highest BCUT2D eigenvalue weighted by atomic mass is 32.2. The number of aromatic amines is 1. The first-order chi connectivity index (χ1) is 16.2. The predicted octanol–water partition coefficient (Wildman–Crippen LogP) is 0.295. The molecule has 192 valence electrons. The van der Waals surface area contributed by atoms with Crippen molar-refractivity contribution in [3.05, 3.63) is 49.4 Å². The van der Waals surface area contributed by atoms with Gasteiger partial charge in [-0.15, -0.1) is 4.68 Å². The second kappa shape index (κ2) is 9.36. The van der Waals surface area contributed by atoms with E-state index in [4.69, 9.17) is 4.74 Å². The fourth-order valence-electron chi connectivity index (χ4n) is 3.78. The maximum Gasteiger partial charge on any atom is 0.444 e. The summed E-state index contributed by atoms with van der Waals surface area (Å²) in [6.45, 7) is 4.88. The molecule has 2 aromatic heterocycles. The maximum absolute atomic E-state index is 14.0. The molecule has 0 bridgehead atoms. The van der Waals surface area contributed by atoms with Crippen molar-refractivity contribution in [1.29, 1.82) is 0 Å². The molecule has 15 heteroatoms. The number of fused-ring (bicyclic) bond motifs is 1. The molecular weight excluding hydrogens is 495 g/mol. The largest absolute Gasteiger partial charge is 0.447 e. The Hall–Kier alpha value is -3.36. The molecule has 3 rings (SSSR count). The Labute approximate surface area is 197 Å². The minimum absolute atomic E-state index is 0.00121. The van der Waals surface area contributed by atoms with Crippen LogP contribution in [0.4, 0.5) is 18.0 Å². The first kappa shape index (κ1) is 26.2. The number of ether oxygens (including phenoxy) is 1. The summed E-state index contributed by atoms with van der Waals surface area (Å²) < 4.78 is 72.6. The minimum Gasteiger partial charge on any atom is -0.447 e. The van der Waals surface area contributed by atoms with Gasteiger partial charge < -0.3 is 9.72 Å². The minimum atomic E-state index is -4.75. The monoisotopic (exact) mass is 519 g/mol. The van der Waals surface area contributed by atoms with Crippen LogP contribution in [0, 0.1) is 5.92 Å². The van der Waals surface area contributed by atoms with Gasteiger partial charge in [-0.05, 0) is 32.4 Å². The summed E-state index contributed by atoms with van der Waals surface area (Å²) in [4.78, 5) is 40.4. The van der Waals surface area contributed by atoms with Crippen LogP contribution < -0.4 is 26.2 Å². The molecule has 1 aliphatic carbocycles. The normalized spacial score (nSPS) is 17.9. The Bertz CT molecular complexity index is 1470. The highest BCUT2D eigenvalue weighted by molar-refractivity contribution is 7.92. The van der Waals surface area contributed by atoms with E-state index < -0.39 is 55.9 Å². The quantitative estimate of drug-likeness (QED) is 0.580. The molecule has 1 amide bonds. The van der Waals surface area contributed by atoms with Crippen LogP contribution in [0.15, 0.2) is 21.9 Å². The van der Waals surface area contributed by atoms with Gasteiger partial charge in [-0.3, -0.25) is 9.48 Å². The van der Waals surface area contributed by atoms with Crippen LogP contribution in [0.5, 0.6) is 0 Å². The number of sulfonamides is 1. The first-order valence-electron chi connectivity index (χ1n) is 10.5. The number of amides is 1. The van der Waals surface area contributed by atoms with Crippen LogP contribution in [0.2, 0.25) is 0 Å². The number of nitrogens with one attached hydrogen (secondary N) is 1. The zero-order valence-corrected chi connectivity index (χ0v) is 20.1. The molecule has 0 spiro atoms. The molecule has 0 fully saturated rings. The lowest BCUT2D eigenvalue weighted by molar-refractivity contribution is -0.159. The van der Waals surface area contributed by atoms with E-state index in [1.807, 2.05) is 0 Å². The average molecular weight is 520 g/mol. The van der Waals surface area contributed by atoms with E-state index in [9.17, 15) is 36.0 Å². The number of rotatable bonds is 6. The molecule has 0 aromatic carbocycles. The van der Waals surface area contributed by atoms with Crippen molar-refractivity contribution in [3.63, 3.8) is 0 Å². The van der Waals surface area contributed by atoms with Crippen molar-refractivity contribution in [1.82, 2.24) is 19.4 Å². The Balaban J connectivity index is 2.35. The van der Waals surface area contributed by atoms with Gasteiger partial charge in [0.25, 0.3) is 15.6 Å². The van der Waals surface area contributed by atoms with E-state index in [1.54, 1.807) is 20.8 Å². The zero-order valence-electron chi connectivity index (χ0n) is 19.2. The first-order valence-corrected chi connectivity index (χ1v) is 12.4. The van der Waals surface area contributed by atoms with E-state index in [1.165, 1.54) is 16.9 Å². The van der Waals surface area contributed by atoms with Gasteiger partial charge in [-0.1, -0.05) is 17.4 Å². The molecule has 11 nitrogen and oxygen atoms in total. The van der Waals surface area contributed by atoms with Gasteiger partial charge in [-0.25, -0.2) is 18.0 Å². The Morgan fingerprint density at radius 2 is 1.94 bits per heavy atom. The third-order valence-corrected chi connectivity index (χ3v) is 6.16. The van der Waals surface area contributed by atoms with Crippen molar-refractivity contribution < 1.29 is 31.1 Å². The zero-order chi connectivity index (χ0) is 26.3. The van der Waals surface area contributed by atoms with Crippen molar-refractivity contribution in [2.45, 2.75) is 45.3 Å². The standard InChI is InChI=1S/C20H24F3N5O6S/c1-5-8-34-19(31)28(35(4,32)33)27-17(29)13-9-12(16-6-7-24-26(16)11(2)3)14(20(21,22)23)10-15(13)25-18(27)30/h6-7,9-12,14H,5,8H2,1-4H3,(H,25,30). The van der Waals surface area contributed by atoms with E-state index in [-0.39, 0.29) is 27.4 Å². The molecule has 2 atom stereocenters. The second-order valence-electron chi connectivity index (χ2n) is 8.22. The number of alkyl halides is 3. The van der Waals surface area contributed by atoms with Crippen LogP contribution in [-0.2, 0) is 14.8 Å². The highest BCUT2D eigenvalue weighted by Crippen LogP contribution is 2.40. The van der Waals surface area contributed by atoms with Gasteiger partial charge in [0.05, 0.1) is 29.3 Å². The Morgan fingerprint density at radius 1 is 1.29 bits per heavy atom. The van der Waals surface area contributed by atoms with Gasteiger partial charge in [0.15, 0.2) is 0 Å². The van der Waals surface area contributed by atoms with E-state index in [0.717, 1.165) is 6.08 Å². The molecule has 0 aliphatic heterocycles.